The number of hydrogen-bond acceptors (Lipinski definition) is 1. The summed E-state index contributed by atoms with van der Waals surface area (Å²) < 4.78 is 0. The Balaban J connectivity index is 2.04. The average Bonchev–Trinajstić information content (AvgIpc) is 2.46. The van der Waals surface area contributed by atoms with E-state index >= 15 is 0 Å². The highest BCUT2D eigenvalue weighted by Gasteiger charge is 2.18. The molecule has 20 heavy (non-hydrogen) atoms. The zero-order chi connectivity index (χ0) is 14.1. The molecule has 1 aliphatic rings. The second-order valence-corrected chi connectivity index (χ2v) is 6.04. The van der Waals surface area contributed by atoms with Gasteiger partial charge in [0.05, 0.1) is 24.2 Å². The second kappa shape index (κ2) is 5.41. The quantitative estimate of drug-likeness (QED) is 0.857. The molecule has 1 aromatic heterocycles. The second-order valence-electron chi connectivity index (χ2n) is 6.04. The Bertz CT molecular complexity index is 681. The molecule has 3 nitrogen and oxygen atoms in total. The molecule has 1 saturated heterocycles. The summed E-state index contributed by atoms with van der Waals surface area (Å²) in [4.78, 5) is 17.7. The van der Waals surface area contributed by atoms with Crippen LogP contribution < -0.4 is 10.3 Å². The lowest BCUT2D eigenvalue weighted by Gasteiger charge is -2.24. The van der Waals surface area contributed by atoms with Crippen molar-refractivity contribution < 1.29 is 4.90 Å². The molecule has 2 N–H and O–H groups in total. The van der Waals surface area contributed by atoms with Gasteiger partial charge >= 0.3 is 0 Å². The Hall–Kier alpha value is -1.61. The van der Waals surface area contributed by atoms with Gasteiger partial charge in [-0.05, 0) is 44.7 Å². The number of hydrogen-bond donors (Lipinski definition) is 2. The number of fused-ring (bicyclic) bond motifs is 1. The number of rotatable bonds is 2. The third-order valence-electron chi connectivity index (χ3n) is 4.54. The summed E-state index contributed by atoms with van der Waals surface area (Å²) in [6.45, 7) is 7.35. The summed E-state index contributed by atoms with van der Waals surface area (Å²) >= 11 is 0. The van der Waals surface area contributed by atoms with Crippen molar-refractivity contribution in [3.05, 3.63) is 45.2 Å². The van der Waals surface area contributed by atoms with E-state index in [0.29, 0.717) is 0 Å². The van der Waals surface area contributed by atoms with Crippen molar-refractivity contribution in [2.45, 2.75) is 39.7 Å². The molecule has 0 amide bonds. The van der Waals surface area contributed by atoms with Crippen LogP contribution in [0.2, 0.25) is 0 Å². The minimum atomic E-state index is 0.220. The van der Waals surface area contributed by atoms with E-state index in [-0.39, 0.29) is 5.43 Å². The molecule has 3 heteroatoms. The number of H-pyrrole nitrogens is 1. The zero-order valence-corrected chi connectivity index (χ0v) is 12.4. The number of piperidine rings is 1. The molecule has 0 atom stereocenters. The number of quaternary nitrogens is 1. The van der Waals surface area contributed by atoms with Crippen LogP contribution in [0.3, 0.4) is 0 Å². The molecule has 0 radical (unpaired) electrons. The molecule has 0 unspecified atom stereocenters. The molecule has 0 aliphatic carbocycles. The van der Waals surface area contributed by atoms with E-state index in [1.165, 1.54) is 32.4 Å². The summed E-state index contributed by atoms with van der Waals surface area (Å²) in [6, 6.07) is 5.96. The first-order chi connectivity index (χ1) is 9.66. The molecule has 106 valence electrons. The van der Waals surface area contributed by atoms with Crippen molar-refractivity contribution >= 4 is 10.9 Å². The Kier molecular flexibility index (Phi) is 3.62. The maximum Gasteiger partial charge on any atom is 0.198 e. The first-order valence-corrected chi connectivity index (χ1v) is 7.61. The summed E-state index contributed by atoms with van der Waals surface area (Å²) in [5.74, 6) is 0. The molecule has 2 heterocycles. The lowest BCUT2D eigenvalue weighted by molar-refractivity contribution is -0.918. The number of aryl methyl sites for hydroxylation is 2. The van der Waals surface area contributed by atoms with E-state index in [9.17, 15) is 4.79 Å². The average molecular weight is 271 g/mol. The number of benzene rings is 1. The van der Waals surface area contributed by atoms with Crippen molar-refractivity contribution in [3.8, 4) is 0 Å². The first-order valence-electron chi connectivity index (χ1n) is 7.61. The molecule has 2 aromatic rings. The highest BCUT2D eigenvalue weighted by atomic mass is 16.1. The number of aromatic amines is 1. The fourth-order valence-electron chi connectivity index (χ4n) is 3.31. The van der Waals surface area contributed by atoms with Crippen LogP contribution in [-0.2, 0) is 6.54 Å². The van der Waals surface area contributed by atoms with Crippen LogP contribution in [0.15, 0.2) is 23.0 Å². The highest BCUT2D eigenvalue weighted by Crippen LogP contribution is 2.14. The van der Waals surface area contributed by atoms with Crippen molar-refractivity contribution in [2.75, 3.05) is 13.1 Å². The van der Waals surface area contributed by atoms with Crippen molar-refractivity contribution in [2.24, 2.45) is 0 Å². The first kappa shape index (κ1) is 13.4. The predicted octanol–water partition coefficient (Wildman–Crippen LogP) is 1.71. The van der Waals surface area contributed by atoms with E-state index in [4.69, 9.17) is 0 Å². The summed E-state index contributed by atoms with van der Waals surface area (Å²) in [5, 5.41) is 0.835. The van der Waals surface area contributed by atoms with Crippen molar-refractivity contribution in [1.29, 1.82) is 0 Å². The number of aromatic nitrogens is 1. The van der Waals surface area contributed by atoms with Gasteiger partial charge in [-0.1, -0.05) is 12.1 Å². The largest absolute Gasteiger partial charge is 0.358 e. The van der Waals surface area contributed by atoms with Crippen LogP contribution in [0.1, 0.15) is 36.1 Å². The Morgan fingerprint density at radius 1 is 1.15 bits per heavy atom. The monoisotopic (exact) mass is 271 g/mol. The Morgan fingerprint density at radius 2 is 1.90 bits per heavy atom. The van der Waals surface area contributed by atoms with Gasteiger partial charge < -0.3 is 9.88 Å². The van der Waals surface area contributed by atoms with Gasteiger partial charge in [-0.15, -0.1) is 0 Å². The summed E-state index contributed by atoms with van der Waals surface area (Å²) in [6.07, 6.45) is 3.92. The topological polar surface area (TPSA) is 37.3 Å². The third kappa shape index (κ3) is 2.38. The number of likely N-dealkylation sites (tertiary alicyclic amines) is 1. The highest BCUT2D eigenvalue weighted by molar-refractivity contribution is 5.82. The van der Waals surface area contributed by atoms with Crippen LogP contribution >= 0.6 is 0 Å². The maximum atomic E-state index is 12.7. The molecular formula is C17H23N2O+. The van der Waals surface area contributed by atoms with Crippen LogP contribution in [0.25, 0.3) is 10.9 Å². The van der Waals surface area contributed by atoms with Gasteiger partial charge in [0.15, 0.2) is 5.43 Å². The minimum Gasteiger partial charge on any atom is -0.358 e. The molecule has 0 spiro atoms. The molecule has 0 bridgehead atoms. The lowest BCUT2D eigenvalue weighted by Crippen LogP contribution is -3.11. The number of para-hydroxylation sites is 1. The Labute approximate surface area is 119 Å². The smallest absolute Gasteiger partial charge is 0.198 e. The van der Waals surface area contributed by atoms with E-state index in [0.717, 1.165) is 34.3 Å². The van der Waals surface area contributed by atoms with Crippen molar-refractivity contribution in [3.63, 3.8) is 0 Å². The fraction of sp³-hybridized carbons (Fsp3) is 0.471. The molecule has 3 rings (SSSR count). The van der Waals surface area contributed by atoms with E-state index in [1.807, 2.05) is 32.0 Å². The normalized spacial score (nSPS) is 16.7. The summed E-state index contributed by atoms with van der Waals surface area (Å²) in [7, 11) is 0. The van der Waals surface area contributed by atoms with E-state index in [2.05, 4.69) is 4.98 Å². The molecule has 1 aromatic carbocycles. The fourth-order valence-corrected chi connectivity index (χ4v) is 3.31. The minimum absolute atomic E-state index is 0.220. The van der Waals surface area contributed by atoms with Gasteiger partial charge in [0.2, 0.25) is 0 Å². The van der Waals surface area contributed by atoms with Crippen LogP contribution in [0.4, 0.5) is 0 Å². The van der Waals surface area contributed by atoms with Crippen LogP contribution in [0.5, 0.6) is 0 Å². The van der Waals surface area contributed by atoms with Crippen LogP contribution in [0, 0.1) is 13.8 Å². The molecular weight excluding hydrogens is 248 g/mol. The zero-order valence-electron chi connectivity index (χ0n) is 12.4. The van der Waals surface area contributed by atoms with Crippen molar-refractivity contribution in [1.82, 2.24) is 4.98 Å². The van der Waals surface area contributed by atoms with Gasteiger partial charge in [-0.25, -0.2) is 0 Å². The maximum absolute atomic E-state index is 12.7. The SMILES string of the molecule is Cc1[nH]c2c(C)cccc2c(=O)c1C[NH+]1CCCCC1. The Morgan fingerprint density at radius 3 is 2.65 bits per heavy atom. The van der Waals surface area contributed by atoms with Gasteiger partial charge in [0.25, 0.3) is 0 Å². The molecule has 1 fully saturated rings. The van der Waals surface area contributed by atoms with Crippen LogP contribution in [-0.4, -0.2) is 18.1 Å². The molecule has 0 saturated carbocycles. The van der Waals surface area contributed by atoms with E-state index < -0.39 is 0 Å². The van der Waals surface area contributed by atoms with Gasteiger partial charge in [-0.2, -0.15) is 0 Å². The summed E-state index contributed by atoms with van der Waals surface area (Å²) in [5.41, 5.74) is 4.36. The van der Waals surface area contributed by atoms with E-state index in [1.54, 1.807) is 4.90 Å². The third-order valence-corrected chi connectivity index (χ3v) is 4.54. The van der Waals surface area contributed by atoms with Gasteiger partial charge in [0, 0.05) is 11.1 Å². The lowest BCUT2D eigenvalue weighted by atomic mass is 10.0. The number of nitrogens with one attached hydrogen (secondary N) is 2. The van der Waals surface area contributed by atoms with Gasteiger partial charge in [-0.3, -0.25) is 4.79 Å². The molecule has 1 aliphatic heterocycles. The van der Waals surface area contributed by atoms with Gasteiger partial charge in [0.1, 0.15) is 6.54 Å². The number of pyridine rings is 1. The standard InChI is InChI=1S/C17H22N2O/c1-12-7-6-8-14-16(12)18-13(2)15(17(14)20)11-19-9-4-3-5-10-19/h6-8H,3-5,9-11H2,1-2H3,(H,18,20)/p+1. The predicted molar refractivity (Wildman–Crippen MR) is 82.3 cm³/mol.